The van der Waals surface area contributed by atoms with Crippen molar-refractivity contribution in [2.45, 2.75) is 0 Å². The molecule has 0 fully saturated rings. The molecule has 0 bridgehead atoms. The van der Waals surface area contributed by atoms with Crippen molar-refractivity contribution in [1.29, 1.82) is 0 Å². The van der Waals surface area contributed by atoms with E-state index < -0.39 is 0 Å². The van der Waals surface area contributed by atoms with E-state index in [4.69, 9.17) is 5.73 Å². The van der Waals surface area contributed by atoms with Gasteiger partial charge in [-0.25, -0.2) is 9.97 Å². The number of nitrogens with zero attached hydrogens (tertiary/aromatic N) is 2. The Morgan fingerprint density at radius 1 is 1.12 bits per heavy atom. The van der Waals surface area contributed by atoms with Crippen LogP contribution in [0.5, 0.6) is 0 Å². The molecule has 1 aromatic heterocycles. The molecule has 1 heterocycles. The fraction of sp³-hybridized carbons (Fsp3) is 0. The molecule has 2 aromatic rings. The van der Waals surface area contributed by atoms with Crippen LogP contribution in [0.1, 0.15) is 10.6 Å². The standard InChI is InChI=1S/C11H10N4O/c12-8-4-1-2-5-9(8)15-11(16)10-13-6-3-7-14-10/h1-7H,12H2,(H,15,16). The monoisotopic (exact) mass is 214 g/mol. The van der Waals surface area contributed by atoms with Crippen molar-refractivity contribution in [2.75, 3.05) is 11.1 Å². The van der Waals surface area contributed by atoms with Gasteiger partial charge in [0, 0.05) is 12.4 Å². The summed E-state index contributed by atoms with van der Waals surface area (Å²) in [4.78, 5) is 19.4. The van der Waals surface area contributed by atoms with Crippen LogP contribution in [0.4, 0.5) is 11.4 Å². The number of para-hydroxylation sites is 2. The number of hydrogen-bond donors (Lipinski definition) is 2. The normalized spacial score (nSPS) is 9.75. The number of anilines is 2. The lowest BCUT2D eigenvalue weighted by Gasteiger charge is -2.06. The molecule has 0 radical (unpaired) electrons. The first kappa shape index (κ1) is 10.1. The summed E-state index contributed by atoms with van der Waals surface area (Å²) in [6.07, 6.45) is 3.02. The van der Waals surface area contributed by atoms with Crippen molar-refractivity contribution in [3.05, 3.63) is 48.5 Å². The first-order valence-corrected chi connectivity index (χ1v) is 4.70. The quantitative estimate of drug-likeness (QED) is 0.738. The Bertz CT molecular complexity index is 498. The van der Waals surface area contributed by atoms with Crippen molar-refractivity contribution in [3.63, 3.8) is 0 Å². The summed E-state index contributed by atoms with van der Waals surface area (Å²) in [6, 6.07) is 8.66. The third-order valence-electron chi connectivity index (χ3n) is 1.98. The van der Waals surface area contributed by atoms with Crippen LogP contribution >= 0.6 is 0 Å². The Balaban J connectivity index is 2.18. The minimum Gasteiger partial charge on any atom is -0.397 e. The molecule has 0 saturated heterocycles. The molecule has 0 spiro atoms. The van der Waals surface area contributed by atoms with Crippen LogP contribution in [0.15, 0.2) is 42.7 Å². The van der Waals surface area contributed by atoms with Crippen LogP contribution in [0, 0.1) is 0 Å². The van der Waals surface area contributed by atoms with E-state index in [1.165, 1.54) is 12.4 Å². The fourth-order valence-corrected chi connectivity index (χ4v) is 1.21. The van der Waals surface area contributed by atoms with Gasteiger partial charge in [-0.2, -0.15) is 0 Å². The Morgan fingerprint density at radius 2 is 1.81 bits per heavy atom. The molecule has 0 unspecified atom stereocenters. The summed E-state index contributed by atoms with van der Waals surface area (Å²) in [6.45, 7) is 0. The largest absolute Gasteiger partial charge is 0.397 e. The predicted molar refractivity (Wildman–Crippen MR) is 60.8 cm³/mol. The van der Waals surface area contributed by atoms with E-state index in [2.05, 4.69) is 15.3 Å². The number of nitrogens with two attached hydrogens (primary N) is 1. The summed E-state index contributed by atoms with van der Waals surface area (Å²) in [5, 5.41) is 2.64. The van der Waals surface area contributed by atoms with Crippen LogP contribution in [0.2, 0.25) is 0 Å². The maximum Gasteiger partial charge on any atom is 0.293 e. The van der Waals surface area contributed by atoms with Gasteiger partial charge < -0.3 is 11.1 Å². The van der Waals surface area contributed by atoms with Crippen LogP contribution in [-0.2, 0) is 0 Å². The third kappa shape index (κ3) is 2.14. The zero-order chi connectivity index (χ0) is 11.4. The zero-order valence-corrected chi connectivity index (χ0v) is 8.42. The van der Waals surface area contributed by atoms with Gasteiger partial charge in [-0.05, 0) is 18.2 Å². The summed E-state index contributed by atoms with van der Waals surface area (Å²) in [5.41, 5.74) is 6.75. The average Bonchev–Trinajstić information content (AvgIpc) is 2.33. The summed E-state index contributed by atoms with van der Waals surface area (Å²) in [7, 11) is 0. The van der Waals surface area contributed by atoms with E-state index in [-0.39, 0.29) is 11.7 Å². The number of nitrogen functional groups attached to an aromatic ring is 1. The summed E-state index contributed by atoms with van der Waals surface area (Å²) < 4.78 is 0. The molecular weight excluding hydrogens is 204 g/mol. The molecule has 0 atom stereocenters. The highest BCUT2D eigenvalue weighted by Crippen LogP contribution is 2.16. The van der Waals surface area contributed by atoms with Gasteiger partial charge in [-0.15, -0.1) is 0 Å². The van der Waals surface area contributed by atoms with Crippen molar-refractivity contribution in [3.8, 4) is 0 Å². The van der Waals surface area contributed by atoms with E-state index in [0.717, 1.165) is 0 Å². The smallest absolute Gasteiger partial charge is 0.293 e. The molecule has 0 aliphatic rings. The lowest BCUT2D eigenvalue weighted by atomic mass is 10.2. The lowest BCUT2D eigenvalue weighted by molar-refractivity contribution is 0.101. The molecule has 5 nitrogen and oxygen atoms in total. The Hall–Kier alpha value is -2.43. The third-order valence-corrected chi connectivity index (χ3v) is 1.98. The first-order chi connectivity index (χ1) is 7.77. The molecular formula is C11H10N4O. The lowest BCUT2D eigenvalue weighted by Crippen LogP contribution is -2.16. The molecule has 0 aliphatic heterocycles. The average molecular weight is 214 g/mol. The Labute approximate surface area is 92.3 Å². The molecule has 5 heteroatoms. The molecule has 1 aromatic carbocycles. The van der Waals surface area contributed by atoms with E-state index in [1.807, 2.05) is 0 Å². The van der Waals surface area contributed by atoms with Gasteiger partial charge in [0.1, 0.15) is 0 Å². The van der Waals surface area contributed by atoms with E-state index in [1.54, 1.807) is 30.3 Å². The van der Waals surface area contributed by atoms with Gasteiger partial charge in [0.15, 0.2) is 0 Å². The molecule has 2 rings (SSSR count). The minimum absolute atomic E-state index is 0.116. The minimum atomic E-state index is -0.376. The van der Waals surface area contributed by atoms with Crippen LogP contribution in [0.3, 0.4) is 0 Å². The fourth-order valence-electron chi connectivity index (χ4n) is 1.21. The maximum absolute atomic E-state index is 11.7. The van der Waals surface area contributed by atoms with Gasteiger partial charge >= 0.3 is 0 Å². The molecule has 0 saturated carbocycles. The highest BCUT2D eigenvalue weighted by Gasteiger charge is 2.09. The van der Waals surface area contributed by atoms with Gasteiger partial charge in [0.25, 0.3) is 5.91 Å². The van der Waals surface area contributed by atoms with Crippen LogP contribution in [0.25, 0.3) is 0 Å². The van der Waals surface area contributed by atoms with Crippen LogP contribution in [-0.4, -0.2) is 15.9 Å². The van der Waals surface area contributed by atoms with Gasteiger partial charge in [-0.1, -0.05) is 12.1 Å². The van der Waals surface area contributed by atoms with Crippen molar-refractivity contribution >= 4 is 17.3 Å². The second-order valence-corrected chi connectivity index (χ2v) is 3.11. The van der Waals surface area contributed by atoms with Crippen molar-refractivity contribution in [2.24, 2.45) is 0 Å². The summed E-state index contributed by atoms with van der Waals surface area (Å²) in [5.74, 6) is -0.260. The second kappa shape index (κ2) is 4.39. The van der Waals surface area contributed by atoms with E-state index >= 15 is 0 Å². The number of hydrogen-bond acceptors (Lipinski definition) is 4. The highest BCUT2D eigenvalue weighted by atomic mass is 16.2. The van der Waals surface area contributed by atoms with Crippen LogP contribution < -0.4 is 11.1 Å². The number of carbonyl (C=O) groups excluding carboxylic acids is 1. The van der Waals surface area contributed by atoms with Gasteiger partial charge in [0.05, 0.1) is 11.4 Å². The topological polar surface area (TPSA) is 80.9 Å². The SMILES string of the molecule is Nc1ccccc1NC(=O)c1ncccn1. The van der Waals surface area contributed by atoms with Crippen molar-refractivity contribution in [1.82, 2.24) is 9.97 Å². The molecule has 80 valence electrons. The number of benzene rings is 1. The highest BCUT2D eigenvalue weighted by molar-refractivity contribution is 6.03. The number of rotatable bonds is 2. The number of amides is 1. The summed E-state index contributed by atoms with van der Waals surface area (Å²) >= 11 is 0. The predicted octanol–water partition coefficient (Wildman–Crippen LogP) is 1.31. The molecule has 16 heavy (non-hydrogen) atoms. The Morgan fingerprint density at radius 3 is 2.50 bits per heavy atom. The Kier molecular flexibility index (Phi) is 2.77. The maximum atomic E-state index is 11.7. The number of carbonyl (C=O) groups is 1. The molecule has 1 amide bonds. The van der Waals surface area contributed by atoms with E-state index in [9.17, 15) is 4.79 Å². The van der Waals surface area contributed by atoms with E-state index in [0.29, 0.717) is 11.4 Å². The first-order valence-electron chi connectivity index (χ1n) is 4.70. The van der Waals surface area contributed by atoms with Crippen molar-refractivity contribution < 1.29 is 4.79 Å². The molecule has 0 aliphatic carbocycles. The van der Waals surface area contributed by atoms with Gasteiger partial charge in [-0.3, -0.25) is 4.79 Å². The van der Waals surface area contributed by atoms with Gasteiger partial charge in [0.2, 0.25) is 5.82 Å². The zero-order valence-electron chi connectivity index (χ0n) is 8.42. The second-order valence-electron chi connectivity index (χ2n) is 3.11. The number of aromatic nitrogens is 2. The number of nitrogens with one attached hydrogen (secondary N) is 1. The molecule has 3 N–H and O–H groups in total.